The lowest BCUT2D eigenvalue weighted by Crippen LogP contribution is -2.16. The number of benzene rings is 3. The molecule has 0 unspecified atom stereocenters. The Hall–Kier alpha value is -4.70. The van der Waals surface area contributed by atoms with Crippen molar-refractivity contribution in [1.29, 1.82) is 0 Å². The first-order valence-corrected chi connectivity index (χ1v) is 13.8. The summed E-state index contributed by atoms with van der Waals surface area (Å²) in [6, 6.07) is 24.2. The van der Waals surface area contributed by atoms with E-state index in [-0.39, 0.29) is 28.7 Å². The minimum Gasteiger partial charge on any atom is -0.487 e. The second-order valence-corrected chi connectivity index (χ2v) is 10.4. The van der Waals surface area contributed by atoms with Crippen molar-refractivity contribution in [1.82, 2.24) is 14.8 Å². The third kappa shape index (κ3) is 5.75. The van der Waals surface area contributed by atoms with E-state index in [1.165, 1.54) is 16.8 Å². The van der Waals surface area contributed by atoms with Crippen LogP contribution < -0.4 is 9.46 Å². The van der Waals surface area contributed by atoms with Crippen molar-refractivity contribution in [3.63, 3.8) is 0 Å². The molecule has 1 N–H and O–H groups in total. The second kappa shape index (κ2) is 11.0. The van der Waals surface area contributed by atoms with Crippen LogP contribution in [0.4, 0.5) is 5.82 Å². The fourth-order valence-corrected chi connectivity index (χ4v) is 4.91. The van der Waals surface area contributed by atoms with Crippen LogP contribution in [-0.4, -0.2) is 29.0 Å². The van der Waals surface area contributed by atoms with Crippen LogP contribution in [0, 0.1) is 6.92 Å². The van der Waals surface area contributed by atoms with Crippen LogP contribution in [0.25, 0.3) is 11.5 Å². The van der Waals surface area contributed by atoms with Gasteiger partial charge < -0.3 is 9.15 Å². The number of aromatic nitrogens is 3. The molecule has 0 fully saturated rings. The van der Waals surface area contributed by atoms with Crippen LogP contribution in [0.2, 0.25) is 0 Å². The van der Waals surface area contributed by atoms with Gasteiger partial charge in [0.1, 0.15) is 23.8 Å². The van der Waals surface area contributed by atoms with Gasteiger partial charge in [-0.3, -0.25) is 14.2 Å². The Bertz CT molecular complexity index is 1690. The highest BCUT2D eigenvalue weighted by Gasteiger charge is 2.23. The number of ketones is 1. The Kier molecular flexibility index (Phi) is 7.29. The summed E-state index contributed by atoms with van der Waals surface area (Å²) in [6.07, 6.45) is 1.54. The molecule has 198 valence electrons. The molecule has 5 aromatic rings. The van der Waals surface area contributed by atoms with E-state index >= 15 is 0 Å². The number of hydrogen-bond acceptors (Lipinski definition) is 7. The average molecular weight is 543 g/mol. The van der Waals surface area contributed by atoms with Gasteiger partial charge in [0.15, 0.2) is 11.6 Å². The maximum absolute atomic E-state index is 13.1. The van der Waals surface area contributed by atoms with Crippen LogP contribution in [-0.2, 0) is 23.2 Å². The quantitative estimate of drug-likeness (QED) is 0.232. The van der Waals surface area contributed by atoms with E-state index in [0.29, 0.717) is 35.2 Å². The van der Waals surface area contributed by atoms with Gasteiger partial charge in [0.05, 0.1) is 10.5 Å². The second-order valence-electron chi connectivity index (χ2n) is 8.70. The summed E-state index contributed by atoms with van der Waals surface area (Å²) in [5.41, 5.74) is 2.12. The van der Waals surface area contributed by atoms with Crippen molar-refractivity contribution in [2.75, 3.05) is 4.72 Å². The smallest absolute Gasteiger partial charge is 0.263 e. The molecular weight excluding hydrogens is 516 g/mol. The molecule has 5 rings (SSSR count). The standard InChI is InChI=1S/C29H26N4O5S/c1-3-33-18-25(27(34)21-10-6-4-7-11-21)28(31-33)32-39(35,36)24-16-14-23(15-17-24)37-19-26-20(2)38-29(30-26)22-12-8-5-9-13-22/h4-18H,3,19H2,1-2H3,(H,31,32). The number of aryl methyl sites for hydroxylation is 2. The molecule has 0 amide bonds. The Labute approximate surface area is 226 Å². The summed E-state index contributed by atoms with van der Waals surface area (Å²) in [7, 11) is -4.03. The molecule has 2 aromatic heterocycles. The summed E-state index contributed by atoms with van der Waals surface area (Å²) in [6.45, 7) is 4.30. The van der Waals surface area contributed by atoms with Crippen molar-refractivity contribution in [2.24, 2.45) is 0 Å². The van der Waals surface area contributed by atoms with Gasteiger partial charge in [-0.25, -0.2) is 13.4 Å². The molecule has 0 aliphatic carbocycles. The van der Waals surface area contributed by atoms with Crippen molar-refractivity contribution >= 4 is 21.6 Å². The molecule has 0 radical (unpaired) electrons. The predicted octanol–water partition coefficient (Wildman–Crippen LogP) is 5.48. The van der Waals surface area contributed by atoms with Gasteiger partial charge in [0.2, 0.25) is 5.89 Å². The van der Waals surface area contributed by atoms with Crippen molar-refractivity contribution in [3.8, 4) is 17.2 Å². The maximum Gasteiger partial charge on any atom is 0.263 e. The number of carbonyl (C=O) groups excluding carboxylic acids is 1. The topological polar surface area (TPSA) is 116 Å². The van der Waals surface area contributed by atoms with E-state index in [9.17, 15) is 13.2 Å². The third-order valence-electron chi connectivity index (χ3n) is 6.02. The summed E-state index contributed by atoms with van der Waals surface area (Å²) < 4.78 is 41.9. The number of oxazole rings is 1. The fourth-order valence-electron chi connectivity index (χ4n) is 3.89. The molecule has 0 aliphatic heterocycles. The van der Waals surface area contributed by atoms with Gasteiger partial charge in [-0.1, -0.05) is 48.5 Å². The van der Waals surface area contributed by atoms with Gasteiger partial charge in [0.25, 0.3) is 10.0 Å². The molecule has 9 nitrogen and oxygen atoms in total. The number of nitrogens with zero attached hydrogens (tertiary/aromatic N) is 3. The average Bonchev–Trinajstić information content (AvgIpc) is 3.55. The van der Waals surface area contributed by atoms with E-state index in [1.54, 1.807) is 48.7 Å². The fraction of sp³-hybridized carbons (Fsp3) is 0.138. The van der Waals surface area contributed by atoms with Crippen LogP contribution in [0.3, 0.4) is 0 Å². The molecule has 39 heavy (non-hydrogen) atoms. The lowest BCUT2D eigenvalue weighted by Gasteiger charge is -2.09. The number of nitrogens with one attached hydrogen (secondary N) is 1. The number of carbonyl (C=O) groups is 1. The number of hydrogen-bond donors (Lipinski definition) is 1. The van der Waals surface area contributed by atoms with Crippen molar-refractivity contribution in [2.45, 2.75) is 31.9 Å². The molecule has 0 atom stereocenters. The first-order chi connectivity index (χ1) is 18.8. The number of anilines is 1. The number of sulfonamides is 1. The zero-order valence-electron chi connectivity index (χ0n) is 21.4. The lowest BCUT2D eigenvalue weighted by molar-refractivity contribution is 0.103. The number of ether oxygens (including phenoxy) is 1. The van der Waals surface area contributed by atoms with Crippen LogP contribution in [0.5, 0.6) is 5.75 Å². The summed E-state index contributed by atoms with van der Waals surface area (Å²) >= 11 is 0. The first-order valence-electron chi connectivity index (χ1n) is 12.3. The zero-order chi connectivity index (χ0) is 27.4. The Balaban J connectivity index is 1.29. The molecule has 0 saturated heterocycles. The normalized spacial score (nSPS) is 11.3. The van der Waals surface area contributed by atoms with Gasteiger partial charge in [0, 0.05) is 23.9 Å². The Morgan fingerprint density at radius 3 is 2.31 bits per heavy atom. The molecule has 0 spiro atoms. The van der Waals surface area contributed by atoms with E-state index in [2.05, 4.69) is 14.8 Å². The summed E-state index contributed by atoms with van der Waals surface area (Å²) in [4.78, 5) is 17.6. The van der Waals surface area contributed by atoms with Crippen LogP contribution >= 0.6 is 0 Å². The molecule has 10 heteroatoms. The lowest BCUT2D eigenvalue weighted by atomic mass is 10.1. The minimum atomic E-state index is -4.03. The van der Waals surface area contributed by atoms with Gasteiger partial charge in [-0.15, -0.1) is 0 Å². The SMILES string of the molecule is CCn1cc(C(=O)c2ccccc2)c(NS(=O)(=O)c2ccc(OCc3nc(-c4ccccc4)oc3C)cc2)n1. The van der Waals surface area contributed by atoms with E-state index < -0.39 is 10.0 Å². The van der Waals surface area contributed by atoms with Gasteiger partial charge in [-0.05, 0) is 50.2 Å². The van der Waals surface area contributed by atoms with Gasteiger partial charge in [-0.2, -0.15) is 5.10 Å². The number of rotatable bonds is 10. The molecular formula is C29H26N4O5S. The molecule has 2 heterocycles. The van der Waals surface area contributed by atoms with Gasteiger partial charge >= 0.3 is 0 Å². The summed E-state index contributed by atoms with van der Waals surface area (Å²) in [5, 5.41) is 4.26. The third-order valence-corrected chi connectivity index (χ3v) is 7.38. The van der Waals surface area contributed by atoms with Crippen molar-refractivity contribution < 1.29 is 22.4 Å². The first kappa shape index (κ1) is 25.9. The van der Waals surface area contributed by atoms with Crippen molar-refractivity contribution in [3.05, 3.63) is 114 Å². The molecule has 0 saturated carbocycles. The van der Waals surface area contributed by atoms with E-state index in [4.69, 9.17) is 9.15 Å². The van der Waals surface area contributed by atoms with E-state index in [0.717, 1.165) is 5.56 Å². The summed E-state index contributed by atoms with van der Waals surface area (Å²) in [5.74, 6) is 1.27. The minimum absolute atomic E-state index is 0.00277. The van der Waals surface area contributed by atoms with E-state index in [1.807, 2.05) is 44.2 Å². The van der Waals surface area contributed by atoms with Crippen LogP contribution in [0.15, 0.2) is 100 Å². The molecule has 3 aromatic carbocycles. The highest BCUT2D eigenvalue weighted by molar-refractivity contribution is 7.92. The zero-order valence-corrected chi connectivity index (χ0v) is 22.2. The maximum atomic E-state index is 13.1. The van der Waals surface area contributed by atoms with Crippen LogP contribution in [0.1, 0.15) is 34.3 Å². The monoisotopic (exact) mass is 542 g/mol. The Morgan fingerprint density at radius 1 is 0.974 bits per heavy atom. The largest absolute Gasteiger partial charge is 0.487 e. The molecule has 0 bridgehead atoms. The highest BCUT2D eigenvalue weighted by atomic mass is 32.2. The predicted molar refractivity (Wildman–Crippen MR) is 146 cm³/mol. The highest BCUT2D eigenvalue weighted by Crippen LogP contribution is 2.25. The molecule has 0 aliphatic rings. The Morgan fingerprint density at radius 2 is 1.64 bits per heavy atom.